The Balaban J connectivity index is 1.36. The summed E-state index contributed by atoms with van der Waals surface area (Å²) in [5, 5.41) is 15.0. The summed E-state index contributed by atoms with van der Waals surface area (Å²) in [4.78, 5) is 16.9. The van der Waals surface area contributed by atoms with Crippen LogP contribution >= 0.6 is 11.8 Å². The summed E-state index contributed by atoms with van der Waals surface area (Å²) >= 11 is 1.20. The zero-order chi connectivity index (χ0) is 21.1. The van der Waals surface area contributed by atoms with Gasteiger partial charge in [0.1, 0.15) is 12.1 Å². The molecule has 0 unspecified atom stereocenters. The van der Waals surface area contributed by atoms with Crippen molar-refractivity contribution in [3.8, 4) is 11.7 Å². The molecule has 0 amide bonds. The maximum absolute atomic E-state index is 12.7. The van der Waals surface area contributed by atoms with Gasteiger partial charge in [-0.2, -0.15) is 10.1 Å². The number of Topliss-reactive ketones (excluding diaryl/α,β-unsaturated/α-hetero) is 1. The number of aromatic nitrogens is 6. The highest BCUT2D eigenvalue weighted by atomic mass is 32.2. The molecule has 0 aliphatic carbocycles. The highest BCUT2D eigenvalue weighted by Gasteiger charge is 2.19. The van der Waals surface area contributed by atoms with Crippen LogP contribution in [0.25, 0.3) is 5.95 Å². The van der Waals surface area contributed by atoms with Gasteiger partial charge in [-0.3, -0.25) is 9.36 Å². The Bertz CT molecular complexity index is 1150. The second-order valence-corrected chi connectivity index (χ2v) is 7.63. The van der Waals surface area contributed by atoms with E-state index in [0.717, 1.165) is 22.7 Å². The summed E-state index contributed by atoms with van der Waals surface area (Å²) in [6, 6.07) is 9.55. The number of thioether (sulfide) groups is 1. The van der Waals surface area contributed by atoms with E-state index < -0.39 is 0 Å². The lowest BCUT2D eigenvalue weighted by Gasteiger charge is -2.04. The van der Waals surface area contributed by atoms with Crippen molar-refractivity contribution in [2.45, 2.75) is 32.6 Å². The maximum Gasteiger partial charge on any atom is 0.277 e. The lowest BCUT2D eigenvalue weighted by atomic mass is 10.2. The van der Waals surface area contributed by atoms with Gasteiger partial charge in [0.15, 0.2) is 12.4 Å². The lowest BCUT2D eigenvalue weighted by molar-refractivity contribution is 0.102. The molecule has 3 aromatic heterocycles. The highest BCUT2D eigenvalue weighted by Crippen LogP contribution is 2.23. The van der Waals surface area contributed by atoms with E-state index in [1.165, 1.54) is 18.1 Å². The SMILES string of the molecule is Cc1ccc(OCc2nnc(SCC(=O)c3cc(C)n(-c4ncn[nH]4)c3C)o2)cc1. The first-order valence-corrected chi connectivity index (χ1v) is 10.2. The molecule has 0 radical (unpaired) electrons. The minimum Gasteiger partial charge on any atom is -0.484 e. The predicted molar refractivity (Wildman–Crippen MR) is 110 cm³/mol. The number of hydrogen-bond acceptors (Lipinski definition) is 8. The van der Waals surface area contributed by atoms with Crippen molar-refractivity contribution in [2.24, 2.45) is 0 Å². The van der Waals surface area contributed by atoms with Crippen molar-refractivity contribution < 1.29 is 13.9 Å². The Hall–Kier alpha value is -3.40. The van der Waals surface area contributed by atoms with Gasteiger partial charge in [0.05, 0.1) is 5.75 Å². The van der Waals surface area contributed by atoms with E-state index in [4.69, 9.17) is 9.15 Å². The van der Waals surface area contributed by atoms with E-state index in [2.05, 4.69) is 25.4 Å². The lowest BCUT2D eigenvalue weighted by Crippen LogP contribution is -2.06. The van der Waals surface area contributed by atoms with Gasteiger partial charge in [-0.15, -0.1) is 10.2 Å². The first-order chi connectivity index (χ1) is 14.5. The number of ketones is 1. The Kier molecular flexibility index (Phi) is 5.66. The predicted octanol–water partition coefficient (Wildman–Crippen LogP) is 3.46. The van der Waals surface area contributed by atoms with Gasteiger partial charge < -0.3 is 9.15 Å². The molecule has 0 bridgehead atoms. The summed E-state index contributed by atoms with van der Waals surface area (Å²) in [5.74, 6) is 1.81. The minimum absolute atomic E-state index is 0.0329. The van der Waals surface area contributed by atoms with Crippen molar-refractivity contribution in [3.05, 3.63) is 65.1 Å². The molecule has 0 atom stereocenters. The third kappa shape index (κ3) is 4.28. The highest BCUT2D eigenvalue weighted by molar-refractivity contribution is 7.99. The van der Waals surface area contributed by atoms with E-state index in [9.17, 15) is 4.79 Å². The average molecular weight is 424 g/mol. The topological polar surface area (TPSA) is 112 Å². The maximum atomic E-state index is 12.7. The molecule has 10 heteroatoms. The van der Waals surface area contributed by atoms with Crippen LogP contribution in [0.1, 0.15) is 33.2 Å². The van der Waals surface area contributed by atoms with Crippen molar-refractivity contribution in [3.63, 3.8) is 0 Å². The van der Waals surface area contributed by atoms with Gasteiger partial charge >= 0.3 is 0 Å². The van der Waals surface area contributed by atoms with Gasteiger partial charge in [0.2, 0.25) is 5.95 Å². The van der Waals surface area contributed by atoms with Crippen LogP contribution in [-0.2, 0) is 6.61 Å². The van der Waals surface area contributed by atoms with Crippen LogP contribution in [0.15, 0.2) is 46.3 Å². The number of hydrogen-bond donors (Lipinski definition) is 1. The quantitative estimate of drug-likeness (QED) is 0.338. The first kappa shape index (κ1) is 19.9. The van der Waals surface area contributed by atoms with E-state index in [-0.39, 0.29) is 18.1 Å². The Morgan fingerprint density at radius 3 is 2.73 bits per heavy atom. The van der Waals surface area contributed by atoms with E-state index in [0.29, 0.717) is 22.6 Å². The number of nitrogens with one attached hydrogen (secondary N) is 1. The molecule has 4 aromatic rings. The molecule has 0 saturated carbocycles. The summed E-state index contributed by atoms with van der Waals surface area (Å²) in [5.41, 5.74) is 3.47. The van der Waals surface area contributed by atoms with Crippen LogP contribution in [0.5, 0.6) is 5.75 Å². The number of H-pyrrole nitrogens is 1. The second-order valence-electron chi connectivity index (χ2n) is 6.70. The molecular formula is C20H20N6O3S. The molecular weight excluding hydrogens is 404 g/mol. The molecule has 0 aliphatic rings. The number of nitrogens with zero attached hydrogens (tertiary/aromatic N) is 5. The number of carbonyl (C=O) groups is 1. The summed E-state index contributed by atoms with van der Waals surface area (Å²) in [6.45, 7) is 5.97. The zero-order valence-electron chi connectivity index (χ0n) is 16.7. The molecule has 154 valence electrons. The van der Waals surface area contributed by atoms with Gasteiger partial charge in [-0.25, -0.2) is 5.10 Å². The van der Waals surface area contributed by atoms with Crippen molar-refractivity contribution in [1.29, 1.82) is 0 Å². The number of aryl methyl sites for hydroxylation is 2. The molecule has 0 fully saturated rings. The zero-order valence-corrected chi connectivity index (χ0v) is 17.6. The van der Waals surface area contributed by atoms with Crippen LogP contribution in [0.4, 0.5) is 0 Å². The van der Waals surface area contributed by atoms with Gasteiger partial charge in [-0.1, -0.05) is 29.5 Å². The molecule has 0 spiro atoms. The van der Waals surface area contributed by atoms with E-state index >= 15 is 0 Å². The van der Waals surface area contributed by atoms with Crippen LogP contribution in [0.2, 0.25) is 0 Å². The van der Waals surface area contributed by atoms with Gasteiger partial charge in [0, 0.05) is 17.0 Å². The van der Waals surface area contributed by atoms with Crippen molar-refractivity contribution in [1.82, 2.24) is 29.9 Å². The second kappa shape index (κ2) is 8.54. The van der Waals surface area contributed by atoms with Gasteiger partial charge in [-0.05, 0) is 39.0 Å². The summed E-state index contributed by atoms with van der Waals surface area (Å²) < 4.78 is 13.1. The molecule has 3 heterocycles. The van der Waals surface area contributed by atoms with Crippen LogP contribution in [0, 0.1) is 20.8 Å². The Labute approximate surface area is 176 Å². The van der Waals surface area contributed by atoms with Crippen molar-refractivity contribution in [2.75, 3.05) is 5.75 Å². The summed E-state index contributed by atoms with van der Waals surface area (Å²) in [7, 11) is 0. The van der Waals surface area contributed by atoms with Crippen LogP contribution < -0.4 is 4.74 Å². The first-order valence-electron chi connectivity index (χ1n) is 9.24. The van der Waals surface area contributed by atoms with Gasteiger partial charge in [0.25, 0.3) is 11.1 Å². The average Bonchev–Trinajstić information content (AvgIpc) is 3.47. The van der Waals surface area contributed by atoms with Crippen molar-refractivity contribution >= 4 is 17.5 Å². The standard InChI is InChI=1S/C20H20N6O3S/c1-12-4-6-15(7-5-12)28-9-18-23-25-20(29-18)30-10-17(27)16-8-13(2)26(14(16)3)19-21-11-22-24-19/h4-8,11H,9-10H2,1-3H3,(H,21,22,24). The number of ether oxygens (including phenoxy) is 1. The van der Waals surface area contributed by atoms with Crippen LogP contribution in [0.3, 0.4) is 0 Å². The van der Waals surface area contributed by atoms with Crippen LogP contribution in [-0.4, -0.2) is 41.5 Å². The monoisotopic (exact) mass is 424 g/mol. The fourth-order valence-electron chi connectivity index (χ4n) is 3.02. The fourth-order valence-corrected chi connectivity index (χ4v) is 3.68. The number of aromatic amines is 1. The number of benzene rings is 1. The number of rotatable bonds is 8. The normalized spacial score (nSPS) is 11.0. The molecule has 0 saturated heterocycles. The third-order valence-corrected chi connectivity index (χ3v) is 5.32. The largest absolute Gasteiger partial charge is 0.484 e. The third-order valence-electron chi connectivity index (χ3n) is 4.50. The minimum atomic E-state index is -0.0329. The summed E-state index contributed by atoms with van der Waals surface area (Å²) in [6.07, 6.45) is 1.43. The molecule has 1 aromatic carbocycles. The molecule has 1 N–H and O–H groups in total. The fraction of sp³-hybridized carbons (Fsp3) is 0.250. The van der Waals surface area contributed by atoms with E-state index in [1.54, 1.807) is 0 Å². The Morgan fingerprint density at radius 1 is 1.20 bits per heavy atom. The molecule has 0 aliphatic heterocycles. The Morgan fingerprint density at radius 2 is 2.00 bits per heavy atom. The smallest absolute Gasteiger partial charge is 0.277 e. The number of carbonyl (C=O) groups excluding carboxylic acids is 1. The molecule has 4 rings (SSSR count). The van der Waals surface area contributed by atoms with E-state index in [1.807, 2.05) is 55.7 Å². The molecule has 9 nitrogen and oxygen atoms in total. The molecule has 30 heavy (non-hydrogen) atoms.